The Bertz CT molecular complexity index is 557. The second kappa shape index (κ2) is 6.75. The summed E-state index contributed by atoms with van der Waals surface area (Å²) in [5.74, 6) is -3.34. The van der Waals surface area contributed by atoms with Crippen LogP contribution in [0.1, 0.15) is 36.2 Å². The van der Waals surface area contributed by atoms with Gasteiger partial charge in [-0.25, -0.2) is 0 Å². The van der Waals surface area contributed by atoms with Crippen LogP contribution in [0.5, 0.6) is 0 Å². The van der Waals surface area contributed by atoms with Gasteiger partial charge in [-0.1, -0.05) is 12.8 Å². The van der Waals surface area contributed by atoms with Crippen LogP contribution in [-0.4, -0.2) is 22.9 Å². The predicted octanol–water partition coefficient (Wildman–Crippen LogP) is 1.69. The fourth-order valence-corrected chi connectivity index (χ4v) is 2.76. The summed E-state index contributed by atoms with van der Waals surface area (Å²) in [6, 6.07) is 3.00. The van der Waals surface area contributed by atoms with Crippen molar-refractivity contribution in [2.75, 3.05) is 0 Å². The summed E-state index contributed by atoms with van der Waals surface area (Å²) in [4.78, 5) is 34.9. The molecule has 1 heterocycles. The molecule has 2 atom stereocenters. The Kier molecular flexibility index (Phi) is 5.00. The average molecular weight is 359 g/mol. The Labute approximate surface area is 129 Å². The third kappa shape index (κ3) is 3.84. The minimum Gasteiger partial charge on any atom is -0.481 e. The highest BCUT2D eigenvalue weighted by Gasteiger charge is 2.35. The van der Waals surface area contributed by atoms with E-state index in [4.69, 9.17) is 9.52 Å². The molecule has 1 saturated carbocycles. The molecule has 0 aromatic carbocycles. The van der Waals surface area contributed by atoms with Gasteiger partial charge in [0, 0.05) is 0 Å². The summed E-state index contributed by atoms with van der Waals surface area (Å²) in [6.07, 6.45) is 2.59. The Morgan fingerprint density at radius 2 is 1.81 bits per heavy atom. The number of hydrogen-bond acceptors (Lipinski definition) is 4. The van der Waals surface area contributed by atoms with Crippen molar-refractivity contribution in [2.45, 2.75) is 25.7 Å². The smallest absolute Gasteiger partial charge is 0.307 e. The van der Waals surface area contributed by atoms with E-state index in [0.29, 0.717) is 17.5 Å². The summed E-state index contributed by atoms with van der Waals surface area (Å²) >= 11 is 3.07. The van der Waals surface area contributed by atoms with Crippen LogP contribution in [0.3, 0.4) is 0 Å². The van der Waals surface area contributed by atoms with E-state index >= 15 is 0 Å². The third-order valence-electron chi connectivity index (χ3n) is 3.52. The molecule has 2 unspecified atom stereocenters. The van der Waals surface area contributed by atoms with Crippen molar-refractivity contribution in [1.82, 2.24) is 10.9 Å². The lowest BCUT2D eigenvalue weighted by Gasteiger charge is -2.27. The predicted molar refractivity (Wildman–Crippen MR) is 75.1 cm³/mol. The van der Waals surface area contributed by atoms with Crippen molar-refractivity contribution in [2.24, 2.45) is 11.8 Å². The maximum atomic E-state index is 12.0. The average Bonchev–Trinajstić information content (AvgIpc) is 2.91. The first kappa shape index (κ1) is 15.6. The summed E-state index contributed by atoms with van der Waals surface area (Å²) in [7, 11) is 0. The summed E-state index contributed by atoms with van der Waals surface area (Å²) in [6.45, 7) is 0. The van der Waals surface area contributed by atoms with Crippen LogP contribution in [0, 0.1) is 11.8 Å². The van der Waals surface area contributed by atoms with Crippen LogP contribution in [0.25, 0.3) is 0 Å². The molecule has 0 radical (unpaired) electrons. The molecule has 3 N–H and O–H groups in total. The van der Waals surface area contributed by atoms with Gasteiger partial charge in [-0.2, -0.15) is 0 Å². The van der Waals surface area contributed by atoms with E-state index < -0.39 is 29.6 Å². The first-order chi connectivity index (χ1) is 9.99. The normalized spacial score (nSPS) is 21.6. The number of carboxylic acids is 1. The number of hydrogen-bond donors (Lipinski definition) is 3. The van der Waals surface area contributed by atoms with Gasteiger partial charge in [0.05, 0.1) is 11.8 Å². The quantitative estimate of drug-likeness (QED) is 0.712. The molecule has 1 aromatic heterocycles. The summed E-state index contributed by atoms with van der Waals surface area (Å²) < 4.78 is 5.44. The van der Waals surface area contributed by atoms with Gasteiger partial charge in [0.1, 0.15) is 0 Å². The van der Waals surface area contributed by atoms with Crippen LogP contribution in [-0.2, 0) is 9.59 Å². The van der Waals surface area contributed by atoms with Crippen molar-refractivity contribution in [1.29, 1.82) is 0 Å². The van der Waals surface area contributed by atoms with Crippen molar-refractivity contribution in [3.05, 3.63) is 22.6 Å². The van der Waals surface area contributed by atoms with E-state index in [1.165, 1.54) is 6.07 Å². The third-order valence-corrected chi connectivity index (χ3v) is 3.94. The van der Waals surface area contributed by atoms with Crippen LogP contribution in [0.2, 0.25) is 0 Å². The molecule has 0 spiro atoms. The molecular formula is C13H15BrN2O5. The van der Waals surface area contributed by atoms with Gasteiger partial charge in [0.15, 0.2) is 10.4 Å². The van der Waals surface area contributed by atoms with E-state index in [1.807, 2.05) is 0 Å². The molecule has 0 saturated heterocycles. The van der Waals surface area contributed by atoms with Gasteiger partial charge >= 0.3 is 11.9 Å². The lowest BCUT2D eigenvalue weighted by molar-refractivity contribution is -0.149. The Morgan fingerprint density at radius 1 is 1.14 bits per heavy atom. The summed E-state index contributed by atoms with van der Waals surface area (Å²) in [5.41, 5.74) is 4.49. The number of carbonyl (C=O) groups excluding carboxylic acids is 2. The van der Waals surface area contributed by atoms with E-state index in [9.17, 15) is 14.4 Å². The fourth-order valence-electron chi connectivity index (χ4n) is 2.45. The topological polar surface area (TPSA) is 109 Å². The van der Waals surface area contributed by atoms with E-state index in [0.717, 1.165) is 12.8 Å². The van der Waals surface area contributed by atoms with Crippen molar-refractivity contribution in [3.63, 3.8) is 0 Å². The number of nitrogens with one attached hydrogen (secondary N) is 2. The monoisotopic (exact) mass is 358 g/mol. The number of hydrazine groups is 1. The molecule has 21 heavy (non-hydrogen) atoms. The highest BCUT2D eigenvalue weighted by molar-refractivity contribution is 9.10. The molecular weight excluding hydrogens is 344 g/mol. The number of halogens is 1. The van der Waals surface area contributed by atoms with Crippen LogP contribution < -0.4 is 10.9 Å². The molecule has 1 aromatic rings. The molecule has 2 rings (SSSR count). The molecule has 7 nitrogen and oxygen atoms in total. The molecule has 114 valence electrons. The molecule has 1 aliphatic rings. The van der Waals surface area contributed by atoms with E-state index in [1.54, 1.807) is 6.07 Å². The molecule has 1 aliphatic carbocycles. The number of amides is 2. The summed E-state index contributed by atoms with van der Waals surface area (Å²) in [5, 5.41) is 9.13. The first-order valence-electron chi connectivity index (χ1n) is 6.57. The minimum atomic E-state index is -0.976. The van der Waals surface area contributed by atoms with E-state index in [-0.39, 0.29) is 5.76 Å². The standard InChI is InChI=1S/C13H15BrN2O5/c14-10-6-5-9(21-10)12(18)16-15-11(17)7-3-1-2-4-8(7)13(19)20/h5-8H,1-4H2,(H,15,17)(H,16,18)(H,19,20). The maximum Gasteiger partial charge on any atom is 0.307 e. The second-order valence-corrected chi connectivity index (χ2v) is 5.66. The molecule has 2 amide bonds. The van der Waals surface area contributed by atoms with Gasteiger partial charge < -0.3 is 9.52 Å². The van der Waals surface area contributed by atoms with Crippen molar-refractivity contribution >= 4 is 33.7 Å². The lowest BCUT2D eigenvalue weighted by atomic mass is 9.79. The molecule has 0 bridgehead atoms. The van der Waals surface area contributed by atoms with Gasteiger partial charge in [0.25, 0.3) is 0 Å². The van der Waals surface area contributed by atoms with Crippen molar-refractivity contribution < 1.29 is 23.9 Å². The van der Waals surface area contributed by atoms with Crippen LogP contribution >= 0.6 is 15.9 Å². The van der Waals surface area contributed by atoms with Gasteiger partial charge in [-0.3, -0.25) is 25.2 Å². The SMILES string of the molecule is O=C(NNC(=O)C1CCCCC1C(=O)O)c1ccc(Br)o1. The number of aliphatic carboxylic acids is 1. The zero-order valence-electron chi connectivity index (χ0n) is 11.1. The van der Waals surface area contributed by atoms with Gasteiger partial charge in [0.2, 0.25) is 5.91 Å². The molecule has 0 aliphatic heterocycles. The van der Waals surface area contributed by atoms with Gasteiger partial charge in [-0.15, -0.1) is 0 Å². The highest BCUT2D eigenvalue weighted by atomic mass is 79.9. The first-order valence-corrected chi connectivity index (χ1v) is 7.36. The Morgan fingerprint density at radius 3 is 2.38 bits per heavy atom. The van der Waals surface area contributed by atoms with Crippen molar-refractivity contribution in [3.8, 4) is 0 Å². The number of furan rings is 1. The largest absolute Gasteiger partial charge is 0.481 e. The Hall–Kier alpha value is -1.83. The second-order valence-electron chi connectivity index (χ2n) is 4.88. The number of carboxylic acid groups (broad SMARTS) is 1. The molecule has 1 fully saturated rings. The maximum absolute atomic E-state index is 12.0. The fraction of sp³-hybridized carbons (Fsp3) is 0.462. The van der Waals surface area contributed by atoms with E-state index in [2.05, 4.69) is 26.8 Å². The zero-order chi connectivity index (χ0) is 15.4. The molecule has 8 heteroatoms. The van der Waals surface area contributed by atoms with Crippen LogP contribution in [0.15, 0.2) is 21.2 Å². The van der Waals surface area contributed by atoms with Crippen LogP contribution in [0.4, 0.5) is 0 Å². The van der Waals surface area contributed by atoms with Gasteiger partial charge in [-0.05, 0) is 40.9 Å². The zero-order valence-corrected chi connectivity index (χ0v) is 12.7. The highest BCUT2D eigenvalue weighted by Crippen LogP contribution is 2.30. The number of rotatable bonds is 3. The lowest BCUT2D eigenvalue weighted by Crippen LogP contribution is -2.47. The number of carbonyl (C=O) groups is 3. The minimum absolute atomic E-state index is 0.0422. The Balaban J connectivity index is 1.91.